The molecule has 1 atom stereocenters. The van der Waals surface area contributed by atoms with Crippen molar-refractivity contribution in [3.05, 3.63) is 68.7 Å². The van der Waals surface area contributed by atoms with Crippen molar-refractivity contribution in [2.24, 2.45) is 0 Å². The molecule has 1 fully saturated rings. The summed E-state index contributed by atoms with van der Waals surface area (Å²) in [5.41, 5.74) is 1.47. The van der Waals surface area contributed by atoms with Crippen LogP contribution < -0.4 is 5.32 Å². The molecule has 0 bridgehead atoms. The van der Waals surface area contributed by atoms with Crippen molar-refractivity contribution in [2.45, 2.75) is 13.0 Å². The lowest BCUT2D eigenvalue weighted by atomic mass is 10.0. The molecule has 1 saturated heterocycles. The summed E-state index contributed by atoms with van der Waals surface area (Å²) in [6, 6.07) is 10.6. The number of hydrogen-bond acceptors (Lipinski definition) is 6. The van der Waals surface area contributed by atoms with Gasteiger partial charge < -0.3 is 15.0 Å². The standard InChI is InChI=1S/C21H23ClN4O5/c1-14-17(7-4-8-18(14)26(29)30)23-21(28)25-11-9-24(10-12-25)19(20(27)31-2)15-5-3-6-16(22)13-15/h3-8,13,19H,9-12H2,1-2H3,(H,23,28)/t19-/m1/s1. The van der Waals surface area contributed by atoms with Crippen molar-refractivity contribution in [2.75, 3.05) is 38.6 Å². The smallest absolute Gasteiger partial charge is 0.327 e. The van der Waals surface area contributed by atoms with Crippen LogP contribution in [0, 0.1) is 17.0 Å². The van der Waals surface area contributed by atoms with Crippen LogP contribution in [0.25, 0.3) is 0 Å². The molecule has 1 heterocycles. The second-order valence-electron chi connectivity index (χ2n) is 7.14. The summed E-state index contributed by atoms with van der Waals surface area (Å²) >= 11 is 6.09. The minimum Gasteiger partial charge on any atom is -0.468 e. The molecule has 2 aromatic carbocycles. The first-order valence-electron chi connectivity index (χ1n) is 9.69. The summed E-state index contributed by atoms with van der Waals surface area (Å²) in [5.74, 6) is -0.396. The van der Waals surface area contributed by atoms with Crippen molar-refractivity contribution in [3.8, 4) is 0 Å². The van der Waals surface area contributed by atoms with Crippen LogP contribution in [-0.4, -0.2) is 60.0 Å². The maximum Gasteiger partial charge on any atom is 0.327 e. The summed E-state index contributed by atoms with van der Waals surface area (Å²) in [4.78, 5) is 39.3. The lowest BCUT2D eigenvalue weighted by Gasteiger charge is -2.38. The molecule has 10 heteroatoms. The van der Waals surface area contributed by atoms with E-state index >= 15 is 0 Å². The fraction of sp³-hybridized carbons (Fsp3) is 0.333. The summed E-state index contributed by atoms with van der Waals surface area (Å²) in [6.45, 7) is 3.26. The average Bonchev–Trinajstić information content (AvgIpc) is 2.75. The molecule has 9 nitrogen and oxygen atoms in total. The van der Waals surface area contributed by atoms with Gasteiger partial charge >= 0.3 is 12.0 Å². The monoisotopic (exact) mass is 446 g/mol. The average molecular weight is 447 g/mol. The number of esters is 1. The number of amides is 2. The zero-order valence-electron chi connectivity index (χ0n) is 17.2. The molecule has 0 radical (unpaired) electrons. The molecular weight excluding hydrogens is 424 g/mol. The van der Waals surface area contributed by atoms with Crippen LogP contribution in [0.1, 0.15) is 17.2 Å². The van der Waals surface area contributed by atoms with Crippen molar-refractivity contribution in [1.82, 2.24) is 9.80 Å². The van der Waals surface area contributed by atoms with Gasteiger partial charge in [0.1, 0.15) is 6.04 Å². The van der Waals surface area contributed by atoms with Crippen LogP contribution in [0.4, 0.5) is 16.2 Å². The molecule has 1 aliphatic heterocycles. The lowest BCUT2D eigenvalue weighted by molar-refractivity contribution is -0.385. The summed E-state index contributed by atoms with van der Waals surface area (Å²) in [6.07, 6.45) is 0. The van der Waals surface area contributed by atoms with Crippen molar-refractivity contribution in [1.29, 1.82) is 0 Å². The number of hydrogen-bond donors (Lipinski definition) is 1. The number of nitro groups is 1. The first kappa shape index (κ1) is 22.5. The summed E-state index contributed by atoms with van der Waals surface area (Å²) in [5, 5.41) is 14.4. The SMILES string of the molecule is COC(=O)[C@@H](c1cccc(Cl)c1)N1CCN(C(=O)Nc2cccc([N+](=O)[O-])c2C)CC1. The van der Waals surface area contributed by atoms with E-state index in [2.05, 4.69) is 5.32 Å². The van der Waals surface area contributed by atoms with E-state index in [1.54, 1.807) is 36.1 Å². The molecule has 3 rings (SSSR count). The van der Waals surface area contributed by atoms with E-state index in [0.717, 1.165) is 5.56 Å². The third kappa shape index (κ3) is 5.12. The Kier molecular flexibility index (Phi) is 7.09. The number of benzene rings is 2. The Balaban J connectivity index is 1.68. The highest BCUT2D eigenvalue weighted by Crippen LogP contribution is 2.27. The molecule has 0 unspecified atom stereocenters. The first-order valence-corrected chi connectivity index (χ1v) is 10.1. The van der Waals surface area contributed by atoms with Gasteiger partial charge in [0, 0.05) is 37.3 Å². The highest BCUT2D eigenvalue weighted by atomic mass is 35.5. The van der Waals surface area contributed by atoms with Crippen LogP contribution >= 0.6 is 11.6 Å². The van der Waals surface area contributed by atoms with Crippen molar-refractivity contribution in [3.63, 3.8) is 0 Å². The van der Waals surface area contributed by atoms with E-state index in [4.69, 9.17) is 16.3 Å². The Morgan fingerprint density at radius 1 is 1.16 bits per heavy atom. The van der Waals surface area contributed by atoms with Gasteiger partial charge in [0.2, 0.25) is 0 Å². The maximum absolute atomic E-state index is 12.7. The minimum atomic E-state index is -0.618. The highest BCUT2D eigenvalue weighted by Gasteiger charge is 2.32. The Morgan fingerprint density at radius 3 is 2.45 bits per heavy atom. The van der Waals surface area contributed by atoms with Gasteiger partial charge in [-0.3, -0.25) is 15.0 Å². The van der Waals surface area contributed by atoms with Gasteiger partial charge in [0.15, 0.2) is 0 Å². The Morgan fingerprint density at radius 2 is 1.84 bits per heavy atom. The maximum atomic E-state index is 12.7. The number of carbonyl (C=O) groups is 2. The number of nitro benzene ring substituents is 1. The molecule has 1 N–H and O–H groups in total. The third-order valence-corrected chi connectivity index (χ3v) is 5.53. The van der Waals surface area contributed by atoms with Gasteiger partial charge in [0.25, 0.3) is 5.69 Å². The number of nitrogens with zero attached hydrogens (tertiary/aromatic N) is 3. The van der Waals surface area contributed by atoms with Crippen molar-refractivity contribution < 1.29 is 19.2 Å². The Labute approximate surface area is 184 Å². The molecule has 164 valence electrons. The molecule has 31 heavy (non-hydrogen) atoms. The number of ether oxygens (including phenoxy) is 1. The van der Waals surface area contributed by atoms with Crippen LogP contribution in [0.5, 0.6) is 0 Å². The number of rotatable bonds is 5. The number of urea groups is 1. The van der Waals surface area contributed by atoms with Gasteiger partial charge in [-0.25, -0.2) is 9.59 Å². The fourth-order valence-corrected chi connectivity index (χ4v) is 3.82. The normalized spacial score (nSPS) is 15.3. The van der Waals surface area contributed by atoms with Gasteiger partial charge in [-0.15, -0.1) is 0 Å². The molecule has 1 aliphatic rings. The zero-order chi connectivity index (χ0) is 22.5. The molecule has 0 aromatic heterocycles. The third-order valence-electron chi connectivity index (χ3n) is 5.30. The van der Waals surface area contributed by atoms with E-state index < -0.39 is 16.9 Å². The molecule has 0 spiro atoms. The molecule has 2 aromatic rings. The molecule has 2 amide bonds. The first-order chi connectivity index (χ1) is 14.8. The van der Waals surface area contributed by atoms with E-state index in [9.17, 15) is 19.7 Å². The topological polar surface area (TPSA) is 105 Å². The van der Waals surface area contributed by atoms with Crippen LogP contribution in [0.2, 0.25) is 5.02 Å². The molecular formula is C21H23ClN4O5. The highest BCUT2D eigenvalue weighted by molar-refractivity contribution is 6.30. The molecule has 0 saturated carbocycles. The van der Waals surface area contributed by atoms with Crippen molar-refractivity contribution >= 4 is 35.0 Å². The van der Waals surface area contributed by atoms with Gasteiger partial charge in [0.05, 0.1) is 23.3 Å². The van der Waals surface area contributed by atoms with E-state index in [0.29, 0.717) is 42.5 Å². The predicted octanol–water partition coefficient (Wildman–Crippen LogP) is 3.62. The molecule has 0 aliphatic carbocycles. The quantitative estimate of drug-likeness (QED) is 0.427. The zero-order valence-corrected chi connectivity index (χ0v) is 18.0. The number of piperazine rings is 1. The second-order valence-corrected chi connectivity index (χ2v) is 7.58. The van der Waals surface area contributed by atoms with E-state index in [1.165, 1.54) is 19.2 Å². The number of carbonyl (C=O) groups excluding carboxylic acids is 2. The van der Waals surface area contributed by atoms with Crippen LogP contribution in [0.15, 0.2) is 42.5 Å². The van der Waals surface area contributed by atoms with Gasteiger partial charge in [-0.1, -0.05) is 29.8 Å². The van der Waals surface area contributed by atoms with Gasteiger partial charge in [-0.05, 0) is 30.7 Å². The van der Waals surface area contributed by atoms with E-state index in [1.807, 2.05) is 11.0 Å². The summed E-state index contributed by atoms with van der Waals surface area (Å²) < 4.78 is 4.99. The second kappa shape index (κ2) is 9.76. The number of anilines is 1. The van der Waals surface area contributed by atoms with Crippen LogP contribution in [-0.2, 0) is 9.53 Å². The largest absolute Gasteiger partial charge is 0.468 e. The lowest BCUT2D eigenvalue weighted by Crippen LogP contribution is -2.52. The minimum absolute atomic E-state index is 0.0509. The predicted molar refractivity (Wildman–Crippen MR) is 116 cm³/mol. The van der Waals surface area contributed by atoms with E-state index in [-0.39, 0.29) is 11.7 Å². The van der Waals surface area contributed by atoms with Gasteiger partial charge in [-0.2, -0.15) is 0 Å². The number of nitrogens with one attached hydrogen (secondary N) is 1. The number of halogens is 1. The Bertz CT molecular complexity index is 991. The fourth-order valence-electron chi connectivity index (χ4n) is 3.62. The van der Waals surface area contributed by atoms with Crippen LogP contribution in [0.3, 0.4) is 0 Å². The number of methoxy groups -OCH3 is 1. The summed E-state index contributed by atoms with van der Waals surface area (Å²) in [7, 11) is 1.34. The Hall–Kier alpha value is -3.17.